The summed E-state index contributed by atoms with van der Waals surface area (Å²) in [5.74, 6) is 0.200. The number of hydrogen-bond donors (Lipinski definition) is 1. The minimum atomic E-state index is -0.679. The summed E-state index contributed by atoms with van der Waals surface area (Å²) in [6.45, 7) is 5.31. The van der Waals surface area contributed by atoms with Gasteiger partial charge in [0.05, 0.1) is 0 Å². The van der Waals surface area contributed by atoms with Crippen LogP contribution in [0.3, 0.4) is 0 Å². The van der Waals surface area contributed by atoms with Crippen LogP contribution in [0.25, 0.3) is 0 Å². The van der Waals surface area contributed by atoms with Crippen LogP contribution in [-0.2, 0) is 11.2 Å². The molecule has 1 amide bonds. The highest BCUT2D eigenvalue weighted by Crippen LogP contribution is 2.11. The number of nitrogens with zero attached hydrogens (tertiary/aromatic N) is 1. The molecule has 0 atom stereocenters. The van der Waals surface area contributed by atoms with E-state index in [4.69, 9.17) is 22.1 Å². The smallest absolute Gasteiger partial charge is 0.435 e. The molecule has 2 N–H and O–H groups in total. The monoisotopic (exact) mass is 268 g/mol. The molecule has 0 saturated carbocycles. The molecule has 1 aromatic carbocycles. The molecule has 18 heavy (non-hydrogen) atoms. The number of ether oxygens (including phenoxy) is 1. The first-order chi connectivity index (χ1) is 8.26. The van der Waals surface area contributed by atoms with Gasteiger partial charge in [0, 0.05) is 11.4 Å². The van der Waals surface area contributed by atoms with Crippen molar-refractivity contribution in [1.29, 1.82) is 0 Å². The van der Waals surface area contributed by atoms with Crippen molar-refractivity contribution in [3.8, 4) is 0 Å². The van der Waals surface area contributed by atoms with E-state index >= 15 is 0 Å². The van der Waals surface area contributed by atoms with Gasteiger partial charge in [-0.15, -0.1) is 0 Å². The molecular weight excluding hydrogens is 252 g/mol. The van der Waals surface area contributed by atoms with E-state index in [1.54, 1.807) is 32.9 Å². The number of benzene rings is 1. The van der Waals surface area contributed by atoms with Crippen LogP contribution in [0.1, 0.15) is 26.3 Å². The molecule has 0 aliphatic rings. The summed E-state index contributed by atoms with van der Waals surface area (Å²) < 4.78 is 5.04. The largest absolute Gasteiger partial charge is 0.442 e. The van der Waals surface area contributed by atoms with Crippen molar-refractivity contribution >= 4 is 23.5 Å². The van der Waals surface area contributed by atoms with Crippen LogP contribution in [0.2, 0.25) is 5.02 Å². The number of carbonyl (C=O) groups is 1. The predicted molar refractivity (Wildman–Crippen MR) is 73.0 cm³/mol. The zero-order chi connectivity index (χ0) is 13.8. The summed E-state index contributed by atoms with van der Waals surface area (Å²) >= 11 is 5.85. The number of rotatable bonds is 2. The quantitative estimate of drug-likeness (QED) is 0.662. The molecule has 5 heteroatoms. The van der Waals surface area contributed by atoms with Crippen LogP contribution >= 0.6 is 11.6 Å². The molecule has 0 radical (unpaired) electrons. The molecule has 1 aromatic rings. The van der Waals surface area contributed by atoms with Crippen LogP contribution in [0, 0.1) is 0 Å². The Morgan fingerprint density at radius 3 is 2.67 bits per heavy atom. The fourth-order valence-corrected chi connectivity index (χ4v) is 1.51. The summed E-state index contributed by atoms with van der Waals surface area (Å²) in [5.41, 5.74) is 6.00. The predicted octanol–water partition coefficient (Wildman–Crippen LogP) is 3.17. The van der Waals surface area contributed by atoms with Gasteiger partial charge in [-0.25, -0.2) is 4.79 Å². The highest BCUT2D eigenvalue weighted by Gasteiger charge is 2.15. The Kier molecular flexibility index (Phi) is 4.73. The molecule has 0 heterocycles. The number of halogens is 1. The van der Waals surface area contributed by atoms with Crippen molar-refractivity contribution in [3.05, 3.63) is 34.9 Å². The molecule has 0 aromatic heterocycles. The molecule has 0 unspecified atom stereocenters. The summed E-state index contributed by atoms with van der Waals surface area (Å²) in [6, 6.07) is 7.23. The highest BCUT2D eigenvalue weighted by molar-refractivity contribution is 6.30. The van der Waals surface area contributed by atoms with Gasteiger partial charge in [-0.05, 0) is 38.5 Å². The fourth-order valence-electron chi connectivity index (χ4n) is 1.30. The maximum Gasteiger partial charge on any atom is 0.435 e. The van der Waals surface area contributed by atoms with E-state index in [0.717, 1.165) is 5.56 Å². The lowest BCUT2D eigenvalue weighted by molar-refractivity contribution is 0.0604. The normalized spacial score (nSPS) is 12.3. The Morgan fingerprint density at radius 2 is 2.11 bits per heavy atom. The average Bonchev–Trinajstić information content (AvgIpc) is 2.13. The lowest BCUT2D eigenvalue weighted by Crippen LogP contribution is -2.24. The van der Waals surface area contributed by atoms with Crippen LogP contribution in [0.4, 0.5) is 4.79 Å². The number of hydrogen-bond acceptors (Lipinski definition) is 2. The summed E-state index contributed by atoms with van der Waals surface area (Å²) in [4.78, 5) is 15.1. The Labute approximate surface area is 112 Å². The lowest BCUT2D eigenvalue weighted by Gasteiger charge is -2.17. The van der Waals surface area contributed by atoms with Crippen molar-refractivity contribution in [1.82, 2.24) is 0 Å². The summed E-state index contributed by atoms with van der Waals surface area (Å²) in [6.07, 6.45) is -0.318. The zero-order valence-electron chi connectivity index (χ0n) is 10.7. The zero-order valence-corrected chi connectivity index (χ0v) is 11.5. The van der Waals surface area contributed by atoms with Gasteiger partial charge in [0.2, 0.25) is 0 Å². The van der Waals surface area contributed by atoms with Gasteiger partial charge in [0.15, 0.2) is 0 Å². The highest BCUT2D eigenvalue weighted by atomic mass is 35.5. The summed E-state index contributed by atoms with van der Waals surface area (Å²) in [7, 11) is 0. The van der Waals surface area contributed by atoms with Crippen molar-refractivity contribution in [2.45, 2.75) is 32.8 Å². The van der Waals surface area contributed by atoms with E-state index < -0.39 is 11.7 Å². The molecule has 0 aliphatic carbocycles. The third kappa shape index (κ3) is 5.68. The van der Waals surface area contributed by atoms with E-state index in [1.807, 2.05) is 12.1 Å². The average molecular weight is 269 g/mol. The number of amides is 1. The third-order valence-corrected chi connectivity index (χ3v) is 2.14. The fraction of sp³-hybridized carbons (Fsp3) is 0.385. The Balaban J connectivity index is 2.65. The molecule has 0 saturated heterocycles. The molecule has 0 bridgehead atoms. The topological polar surface area (TPSA) is 64.7 Å². The van der Waals surface area contributed by atoms with Crippen molar-refractivity contribution in [3.63, 3.8) is 0 Å². The SMILES string of the molecule is CC(C)(C)OC(=O)/N=C(\N)Cc1cccc(Cl)c1. The minimum Gasteiger partial charge on any atom is -0.442 e. The van der Waals surface area contributed by atoms with Gasteiger partial charge in [0.1, 0.15) is 11.4 Å². The second-order valence-corrected chi connectivity index (χ2v) is 5.33. The van der Waals surface area contributed by atoms with E-state index in [-0.39, 0.29) is 5.84 Å². The van der Waals surface area contributed by atoms with Gasteiger partial charge in [-0.2, -0.15) is 4.99 Å². The first-order valence-electron chi connectivity index (χ1n) is 5.57. The maximum atomic E-state index is 11.4. The van der Waals surface area contributed by atoms with Crippen LogP contribution in [0.15, 0.2) is 29.3 Å². The molecule has 0 fully saturated rings. The first-order valence-corrected chi connectivity index (χ1v) is 5.94. The first kappa shape index (κ1) is 14.5. The van der Waals surface area contributed by atoms with Crippen LogP contribution in [0.5, 0.6) is 0 Å². The van der Waals surface area contributed by atoms with Crippen molar-refractivity contribution in [2.75, 3.05) is 0 Å². The molecule has 0 aliphatic heterocycles. The van der Waals surface area contributed by atoms with E-state index in [1.165, 1.54) is 0 Å². The van der Waals surface area contributed by atoms with E-state index in [2.05, 4.69) is 4.99 Å². The van der Waals surface area contributed by atoms with Crippen LogP contribution in [-0.4, -0.2) is 17.5 Å². The maximum absolute atomic E-state index is 11.4. The van der Waals surface area contributed by atoms with Gasteiger partial charge < -0.3 is 10.5 Å². The van der Waals surface area contributed by atoms with Gasteiger partial charge in [-0.1, -0.05) is 23.7 Å². The third-order valence-electron chi connectivity index (χ3n) is 1.90. The Bertz CT molecular complexity index is 464. The molecular formula is C13H17ClN2O2. The Hall–Kier alpha value is -1.55. The number of amidine groups is 1. The van der Waals surface area contributed by atoms with E-state index in [9.17, 15) is 4.79 Å². The second kappa shape index (κ2) is 5.87. The van der Waals surface area contributed by atoms with Crippen molar-refractivity contribution < 1.29 is 9.53 Å². The van der Waals surface area contributed by atoms with Crippen molar-refractivity contribution in [2.24, 2.45) is 10.7 Å². The lowest BCUT2D eigenvalue weighted by atomic mass is 10.1. The number of aliphatic imine (C=N–C) groups is 1. The van der Waals surface area contributed by atoms with Gasteiger partial charge in [0.25, 0.3) is 0 Å². The number of carbonyl (C=O) groups excluding carboxylic acids is 1. The molecule has 98 valence electrons. The standard InChI is InChI=1S/C13H17ClN2O2/c1-13(2,3)18-12(17)16-11(15)8-9-5-4-6-10(14)7-9/h4-7H,8H2,1-3H3,(H2,15,16,17). The summed E-state index contributed by atoms with van der Waals surface area (Å²) in [5, 5.41) is 0.623. The molecule has 4 nitrogen and oxygen atoms in total. The Morgan fingerprint density at radius 1 is 1.44 bits per heavy atom. The minimum absolute atomic E-state index is 0.200. The van der Waals surface area contributed by atoms with Crippen LogP contribution < -0.4 is 5.73 Å². The molecule has 0 spiro atoms. The second-order valence-electron chi connectivity index (χ2n) is 4.89. The van der Waals surface area contributed by atoms with Gasteiger partial charge in [-0.3, -0.25) is 0 Å². The van der Waals surface area contributed by atoms with Gasteiger partial charge >= 0.3 is 6.09 Å². The van der Waals surface area contributed by atoms with E-state index in [0.29, 0.717) is 11.4 Å². The number of nitrogens with two attached hydrogens (primary N) is 1. The molecule has 1 rings (SSSR count).